The van der Waals surface area contributed by atoms with Gasteiger partial charge in [-0.15, -0.1) is 0 Å². The second-order valence-corrected chi connectivity index (χ2v) is 5.97. The van der Waals surface area contributed by atoms with E-state index in [0.717, 1.165) is 30.4 Å². The minimum atomic E-state index is 0.0483. The zero-order valence-corrected chi connectivity index (χ0v) is 12.6. The smallest absolute Gasteiger partial charge is 0.255 e. The van der Waals surface area contributed by atoms with Crippen LogP contribution in [-0.2, 0) is 0 Å². The number of nitrogen functional groups attached to an aromatic ring is 1. The molecule has 3 rings (SSSR count). The molecule has 0 aliphatic carbocycles. The number of likely N-dealkylation sites (N-methyl/N-ethyl adjacent to an activating group) is 2. The van der Waals surface area contributed by atoms with Crippen molar-refractivity contribution in [3.8, 4) is 0 Å². The van der Waals surface area contributed by atoms with E-state index in [1.165, 1.54) is 6.42 Å². The SMILES string of the molecule is CN(CC1CCCN1C)C(=O)c1c[nH]c2ccc(N)cc12. The summed E-state index contributed by atoms with van der Waals surface area (Å²) in [5.41, 5.74) is 8.15. The average Bonchev–Trinajstić information content (AvgIpc) is 3.04. The van der Waals surface area contributed by atoms with E-state index < -0.39 is 0 Å². The number of amides is 1. The molecule has 21 heavy (non-hydrogen) atoms. The molecule has 1 aromatic heterocycles. The standard InChI is InChI=1S/C16H22N4O/c1-19-7-3-4-12(19)10-20(2)16(21)14-9-18-15-6-5-11(17)8-13(14)15/h5-6,8-9,12,18H,3-4,7,10,17H2,1-2H3. The van der Waals surface area contributed by atoms with Crippen LogP contribution in [0.25, 0.3) is 10.9 Å². The highest BCUT2D eigenvalue weighted by Crippen LogP contribution is 2.23. The first-order valence-corrected chi connectivity index (χ1v) is 7.38. The summed E-state index contributed by atoms with van der Waals surface area (Å²) in [6.07, 6.45) is 4.16. The van der Waals surface area contributed by atoms with Gasteiger partial charge in [0.2, 0.25) is 0 Å². The molecule has 1 aliphatic rings. The number of aromatic nitrogens is 1. The van der Waals surface area contributed by atoms with Crippen LogP contribution in [0.1, 0.15) is 23.2 Å². The topological polar surface area (TPSA) is 65.4 Å². The lowest BCUT2D eigenvalue weighted by molar-refractivity contribution is 0.0763. The van der Waals surface area contributed by atoms with Crippen molar-refractivity contribution < 1.29 is 4.79 Å². The highest BCUT2D eigenvalue weighted by Gasteiger charge is 2.25. The summed E-state index contributed by atoms with van der Waals surface area (Å²) < 4.78 is 0. The Labute approximate surface area is 124 Å². The van der Waals surface area contributed by atoms with E-state index in [0.29, 0.717) is 17.3 Å². The number of H-pyrrole nitrogens is 1. The van der Waals surface area contributed by atoms with E-state index in [4.69, 9.17) is 5.73 Å². The van der Waals surface area contributed by atoms with Gasteiger partial charge in [0.25, 0.3) is 5.91 Å². The van der Waals surface area contributed by atoms with Gasteiger partial charge in [-0.25, -0.2) is 0 Å². The third kappa shape index (κ3) is 2.61. The molecule has 1 aliphatic heterocycles. The molecule has 0 spiro atoms. The fourth-order valence-corrected chi connectivity index (χ4v) is 3.13. The van der Waals surface area contributed by atoms with E-state index in [-0.39, 0.29) is 5.91 Å². The van der Waals surface area contributed by atoms with Crippen LogP contribution >= 0.6 is 0 Å². The highest BCUT2D eigenvalue weighted by molar-refractivity contribution is 6.07. The quantitative estimate of drug-likeness (QED) is 0.847. The summed E-state index contributed by atoms with van der Waals surface area (Å²) in [4.78, 5) is 20.0. The second-order valence-electron chi connectivity index (χ2n) is 5.97. The molecule has 1 aromatic carbocycles. The number of carbonyl (C=O) groups excluding carboxylic acids is 1. The maximum atomic E-state index is 12.7. The van der Waals surface area contributed by atoms with Crippen LogP contribution in [0.15, 0.2) is 24.4 Å². The molecule has 0 saturated carbocycles. The predicted octanol–water partition coefficient (Wildman–Crippen LogP) is 1.92. The van der Waals surface area contributed by atoms with Gasteiger partial charge < -0.3 is 20.5 Å². The van der Waals surface area contributed by atoms with Gasteiger partial charge in [-0.05, 0) is 44.6 Å². The first-order valence-electron chi connectivity index (χ1n) is 7.38. The van der Waals surface area contributed by atoms with E-state index >= 15 is 0 Å². The molecule has 0 bridgehead atoms. The average molecular weight is 286 g/mol. The summed E-state index contributed by atoms with van der Waals surface area (Å²) in [7, 11) is 4.00. The van der Waals surface area contributed by atoms with E-state index in [1.54, 1.807) is 6.20 Å². The van der Waals surface area contributed by atoms with Crippen molar-refractivity contribution in [2.75, 3.05) is 32.9 Å². The Balaban J connectivity index is 1.81. The van der Waals surface area contributed by atoms with Crippen LogP contribution in [-0.4, -0.2) is 53.9 Å². The molecule has 2 heterocycles. The van der Waals surface area contributed by atoms with Crippen molar-refractivity contribution in [3.63, 3.8) is 0 Å². The first-order chi connectivity index (χ1) is 10.1. The number of hydrogen-bond donors (Lipinski definition) is 2. The van der Waals surface area contributed by atoms with Crippen LogP contribution in [0, 0.1) is 0 Å². The number of hydrogen-bond acceptors (Lipinski definition) is 3. The van der Waals surface area contributed by atoms with Crippen molar-refractivity contribution in [1.29, 1.82) is 0 Å². The van der Waals surface area contributed by atoms with Crippen molar-refractivity contribution in [2.45, 2.75) is 18.9 Å². The molecule has 1 atom stereocenters. The molecular formula is C16H22N4O. The van der Waals surface area contributed by atoms with Gasteiger partial charge in [0.05, 0.1) is 5.56 Å². The highest BCUT2D eigenvalue weighted by atomic mass is 16.2. The summed E-state index contributed by atoms with van der Waals surface area (Å²) in [5.74, 6) is 0.0483. The molecular weight excluding hydrogens is 264 g/mol. The van der Waals surface area contributed by atoms with Gasteiger partial charge in [0.1, 0.15) is 0 Å². The molecule has 0 radical (unpaired) electrons. The summed E-state index contributed by atoms with van der Waals surface area (Å²) >= 11 is 0. The maximum Gasteiger partial charge on any atom is 0.255 e. The number of nitrogens with zero attached hydrogens (tertiary/aromatic N) is 2. The van der Waals surface area contributed by atoms with Crippen LogP contribution < -0.4 is 5.73 Å². The van der Waals surface area contributed by atoms with Crippen LogP contribution in [0.5, 0.6) is 0 Å². The molecule has 5 nitrogen and oxygen atoms in total. The monoisotopic (exact) mass is 286 g/mol. The molecule has 1 fully saturated rings. The number of nitrogens with two attached hydrogens (primary N) is 1. The van der Waals surface area contributed by atoms with Crippen molar-refractivity contribution in [1.82, 2.24) is 14.8 Å². The number of nitrogens with one attached hydrogen (secondary N) is 1. The second kappa shape index (κ2) is 5.41. The fourth-order valence-electron chi connectivity index (χ4n) is 3.13. The lowest BCUT2D eigenvalue weighted by Gasteiger charge is -2.25. The van der Waals surface area contributed by atoms with Crippen LogP contribution in [0.4, 0.5) is 5.69 Å². The number of aromatic amines is 1. The lowest BCUT2D eigenvalue weighted by Crippen LogP contribution is -2.39. The van der Waals surface area contributed by atoms with Gasteiger partial charge in [-0.3, -0.25) is 4.79 Å². The summed E-state index contributed by atoms with van der Waals surface area (Å²) in [6.45, 7) is 1.89. The first kappa shape index (κ1) is 13.9. The molecule has 3 N–H and O–H groups in total. The molecule has 1 saturated heterocycles. The fraction of sp³-hybridized carbons (Fsp3) is 0.438. The van der Waals surface area contributed by atoms with E-state index in [2.05, 4.69) is 16.9 Å². The van der Waals surface area contributed by atoms with Gasteiger partial charge in [-0.2, -0.15) is 0 Å². The molecule has 1 amide bonds. The zero-order chi connectivity index (χ0) is 15.0. The number of rotatable bonds is 3. The van der Waals surface area contributed by atoms with Gasteiger partial charge in [0.15, 0.2) is 0 Å². The Morgan fingerprint density at radius 1 is 1.52 bits per heavy atom. The summed E-state index contributed by atoms with van der Waals surface area (Å²) in [5, 5.41) is 0.895. The Hall–Kier alpha value is -2.01. The van der Waals surface area contributed by atoms with E-state index in [9.17, 15) is 4.79 Å². The zero-order valence-electron chi connectivity index (χ0n) is 12.6. The van der Waals surface area contributed by atoms with Crippen molar-refractivity contribution in [3.05, 3.63) is 30.0 Å². The molecule has 1 unspecified atom stereocenters. The normalized spacial score (nSPS) is 19.2. The van der Waals surface area contributed by atoms with Gasteiger partial charge in [0, 0.05) is 42.4 Å². The lowest BCUT2D eigenvalue weighted by atomic mass is 10.1. The Bertz CT molecular complexity index is 663. The third-order valence-electron chi connectivity index (χ3n) is 4.44. The van der Waals surface area contributed by atoms with E-state index in [1.807, 2.05) is 30.1 Å². The minimum absolute atomic E-state index is 0.0483. The number of benzene rings is 1. The Morgan fingerprint density at radius 2 is 2.33 bits per heavy atom. The van der Waals surface area contributed by atoms with Crippen molar-refractivity contribution in [2.24, 2.45) is 0 Å². The Kier molecular flexibility index (Phi) is 3.59. The maximum absolute atomic E-state index is 12.7. The molecule has 5 heteroatoms. The predicted molar refractivity (Wildman–Crippen MR) is 85.3 cm³/mol. The number of carbonyl (C=O) groups is 1. The van der Waals surface area contributed by atoms with Gasteiger partial charge >= 0.3 is 0 Å². The van der Waals surface area contributed by atoms with Crippen LogP contribution in [0.3, 0.4) is 0 Å². The summed E-state index contributed by atoms with van der Waals surface area (Å²) in [6, 6.07) is 6.07. The molecule has 2 aromatic rings. The van der Waals surface area contributed by atoms with Gasteiger partial charge in [-0.1, -0.05) is 0 Å². The van der Waals surface area contributed by atoms with Crippen molar-refractivity contribution >= 4 is 22.5 Å². The Morgan fingerprint density at radius 3 is 3.05 bits per heavy atom. The largest absolute Gasteiger partial charge is 0.399 e. The molecule has 112 valence electrons. The third-order valence-corrected chi connectivity index (χ3v) is 4.44. The number of likely N-dealkylation sites (tertiary alicyclic amines) is 1. The minimum Gasteiger partial charge on any atom is -0.399 e. The number of fused-ring (bicyclic) bond motifs is 1. The number of anilines is 1. The van der Waals surface area contributed by atoms with Crippen LogP contribution in [0.2, 0.25) is 0 Å².